The number of hydrogen-bond acceptors (Lipinski definition) is 3. The standard InChI is InChI=1S/C24H31NO3/c1-6-17-9-11-18(12-10-17)27-21(7-2)23(26)25-20-15-24(4,5)28-22-13-8-16(3)14-19(20)22/h8-14,20-21H,6-7,15H2,1-5H3,(H,25,26)/t20-,21-/m0/s1. The molecule has 0 bridgehead atoms. The Labute approximate surface area is 168 Å². The summed E-state index contributed by atoms with van der Waals surface area (Å²) in [7, 11) is 0. The second-order valence-corrected chi connectivity index (χ2v) is 8.18. The Morgan fingerprint density at radius 1 is 1.21 bits per heavy atom. The lowest BCUT2D eigenvalue weighted by molar-refractivity contribution is -0.129. The average Bonchev–Trinajstić information content (AvgIpc) is 2.66. The van der Waals surface area contributed by atoms with E-state index in [1.807, 2.05) is 43.3 Å². The molecular weight excluding hydrogens is 350 g/mol. The van der Waals surface area contributed by atoms with Gasteiger partial charge in [0.25, 0.3) is 5.91 Å². The smallest absolute Gasteiger partial charge is 0.261 e. The van der Waals surface area contributed by atoms with Crippen LogP contribution in [0.15, 0.2) is 42.5 Å². The quantitative estimate of drug-likeness (QED) is 0.754. The van der Waals surface area contributed by atoms with Crippen molar-refractivity contribution >= 4 is 5.91 Å². The first kappa shape index (κ1) is 20.2. The minimum absolute atomic E-state index is 0.0859. The van der Waals surface area contributed by atoms with Gasteiger partial charge in [-0.15, -0.1) is 0 Å². The Morgan fingerprint density at radius 3 is 2.57 bits per heavy atom. The van der Waals surface area contributed by atoms with Crippen LogP contribution in [0.4, 0.5) is 0 Å². The van der Waals surface area contributed by atoms with E-state index >= 15 is 0 Å². The number of rotatable bonds is 6. The number of carbonyl (C=O) groups is 1. The Morgan fingerprint density at radius 2 is 1.93 bits per heavy atom. The molecule has 0 spiro atoms. The first-order chi connectivity index (χ1) is 13.3. The van der Waals surface area contributed by atoms with Gasteiger partial charge in [-0.25, -0.2) is 0 Å². The van der Waals surface area contributed by atoms with Gasteiger partial charge >= 0.3 is 0 Å². The molecule has 0 aliphatic carbocycles. The first-order valence-electron chi connectivity index (χ1n) is 10.2. The molecule has 1 aliphatic heterocycles. The molecule has 2 aromatic carbocycles. The number of aryl methyl sites for hydroxylation is 2. The fourth-order valence-electron chi connectivity index (χ4n) is 3.66. The number of ether oxygens (including phenoxy) is 2. The molecular formula is C24H31NO3. The molecule has 1 heterocycles. The Bertz CT molecular complexity index is 826. The second-order valence-electron chi connectivity index (χ2n) is 8.18. The van der Waals surface area contributed by atoms with E-state index in [0.717, 1.165) is 35.5 Å². The molecule has 0 saturated heterocycles. The molecule has 4 nitrogen and oxygen atoms in total. The molecule has 0 unspecified atom stereocenters. The molecule has 0 radical (unpaired) electrons. The summed E-state index contributed by atoms with van der Waals surface area (Å²) in [6, 6.07) is 14.0. The topological polar surface area (TPSA) is 47.6 Å². The molecule has 1 aliphatic rings. The maximum absolute atomic E-state index is 13.0. The normalized spacial score (nSPS) is 18.5. The van der Waals surface area contributed by atoms with E-state index in [2.05, 4.69) is 39.1 Å². The molecule has 0 fully saturated rings. The van der Waals surface area contributed by atoms with Gasteiger partial charge in [0.05, 0.1) is 6.04 Å². The van der Waals surface area contributed by atoms with Gasteiger partial charge in [0.2, 0.25) is 0 Å². The number of hydrogen-bond donors (Lipinski definition) is 1. The highest BCUT2D eigenvalue weighted by Crippen LogP contribution is 2.40. The Balaban J connectivity index is 1.75. The highest BCUT2D eigenvalue weighted by molar-refractivity contribution is 5.81. The molecule has 4 heteroatoms. The summed E-state index contributed by atoms with van der Waals surface area (Å²) in [4.78, 5) is 13.0. The largest absolute Gasteiger partial charge is 0.487 e. The number of benzene rings is 2. The highest BCUT2D eigenvalue weighted by atomic mass is 16.5. The van der Waals surface area contributed by atoms with Gasteiger partial charge in [0.15, 0.2) is 6.10 Å². The van der Waals surface area contributed by atoms with Gasteiger partial charge in [0.1, 0.15) is 17.1 Å². The molecule has 2 aromatic rings. The number of carbonyl (C=O) groups excluding carboxylic acids is 1. The van der Waals surface area contributed by atoms with Gasteiger partial charge in [-0.1, -0.05) is 43.7 Å². The van der Waals surface area contributed by atoms with Gasteiger partial charge < -0.3 is 14.8 Å². The third kappa shape index (κ3) is 4.67. The van der Waals surface area contributed by atoms with E-state index in [0.29, 0.717) is 6.42 Å². The van der Waals surface area contributed by atoms with Gasteiger partial charge in [0, 0.05) is 12.0 Å². The summed E-state index contributed by atoms with van der Waals surface area (Å²) in [5.41, 5.74) is 3.11. The Kier molecular flexibility index (Phi) is 5.97. The molecule has 2 atom stereocenters. The van der Waals surface area contributed by atoms with Gasteiger partial charge in [-0.05, 0) is 57.4 Å². The average molecular weight is 382 g/mol. The van der Waals surface area contributed by atoms with Crippen LogP contribution in [0.2, 0.25) is 0 Å². The summed E-state index contributed by atoms with van der Waals surface area (Å²) < 4.78 is 12.1. The summed E-state index contributed by atoms with van der Waals surface area (Å²) in [6.07, 6.45) is 1.79. The van der Waals surface area contributed by atoms with Crippen LogP contribution >= 0.6 is 0 Å². The molecule has 1 amide bonds. The lowest BCUT2D eigenvalue weighted by Gasteiger charge is -2.38. The van der Waals surface area contributed by atoms with Crippen molar-refractivity contribution in [2.45, 2.75) is 71.6 Å². The van der Waals surface area contributed by atoms with Crippen LogP contribution in [0.3, 0.4) is 0 Å². The predicted octanol–water partition coefficient (Wildman–Crippen LogP) is 5.13. The maximum Gasteiger partial charge on any atom is 0.261 e. The van der Waals surface area contributed by atoms with Crippen LogP contribution in [-0.2, 0) is 11.2 Å². The van der Waals surface area contributed by atoms with Crippen molar-refractivity contribution in [1.29, 1.82) is 0 Å². The van der Waals surface area contributed by atoms with Crippen molar-refractivity contribution in [2.75, 3.05) is 0 Å². The molecule has 3 rings (SSSR count). The van der Waals surface area contributed by atoms with Gasteiger partial charge in [-0.2, -0.15) is 0 Å². The number of amides is 1. The zero-order valence-electron chi connectivity index (χ0n) is 17.5. The van der Waals surface area contributed by atoms with Crippen LogP contribution in [-0.4, -0.2) is 17.6 Å². The van der Waals surface area contributed by atoms with E-state index in [-0.39, 0.29) is 17.6 Å². The molecule has 0 saturated carbocycles. The van der Waals surface area contributed by atoms with Crippen molar-refractivity contribution in [1.82, 2.24) is 5.32 Å². The SMILES string of the molecule is CCc1ccc(O[C@@H](CC)C(=O)N[C@H]2CC(C)(C)Oc3ccc(C)cc32)cc1. The molecule has 150 valence electrons. The van der Waals surface area contributed by atoms with E-state index in [1.165, 1.54) is 5.56 Å². The fourth-order valence-corrected chi connectivity index (χ4v) is 3.66. The van der Waals surface area contributed by atoms with E-state index < -0.39 is 6.10 Å². The zero-order valence-corrected chi connectivity index (χ0v) is 17.5. The van der Waals surface area contributed by atoms with Crippen LogP contribution < -0.4 is 14.8 Å². The van der Waals surface area contributed by atoms with Crippen molar-refractivity contribution in [2.24, 2.45) is 0 Å². The predicted molar refractivity (Wildman–Crippen MR) is 112 cm³/mol. The summed E-state index contributed by atoms with van der Waals surface area (Å²) in [6.45, 7) is 10.2. The van der Waals surface area contributed by atoms with Crippen LogP contribution in [0.5, 0.6) is 11.5 Å². The minimum atomic E-state index is -0.522. The van der Waals surface area contributed by atoms with Crippen LogP contribution in [0.1, 0.15) is 63.3 Å². The molecule has 0 aromatic heterocycles. The van der Waals surface area contributed by atoms with Gasteiger partial charge in [-0.3, -0.25) is 4.79 Å². The lowest BCUT2D eigenvalue weighted by atomic mass is 9.88. The van der Waals surface area contributed by atoms with E-state index in [1.54, 1.807) is 0 Å². The van der Waals surface area contributed by atoms with E-state index in [4.69, 9.17) is 9.47 Å². The van der Waals surface area contributed by atoms with Crippen molar-refractivity contribution in [3.05, 3.63) is 59.2 Å². The second kappa shape index (κ2) is 8.26. The summed E-state index contributed by atoms with van der Waals surface area (Å²) >= 11 is 0. The highest BCUT2D eigenvalue weighted by Gasteiger charge is 2.35. The zero-order chi connectivity index (χ0) is 20.3. The molecule has 28 heavy (non-hydrogen) atoms. The lowest BCUT2D eigenvalue weighted by Crippen LogP contribution is -2.45. The van der Waals surface area contributed by atoms with Crippen molar-refractivity contribution in [3.8, 4) is 11.5 Å². The summed E-state index contributed by atoms with van der Waals surface area (Å²) in [5, 5.41) is 3.21. The first-order valence-corrected chi connectivity index (χ1v) is 10.2. The maximum atomic E-state index is 13.0. The minimum Gasteiger partial charge on any atom is -0.487 e. The third-order valence-electron chi connectivity index (χ3n) is 5.21. The monoisotopic (exact) mass is 381 g/mol. The van der Waals surface area contributed by atoms with E-state index in [9.17, 15) is 4.79 Å². The van der Waals surface area contributed by atoms with Crippen LogP contribution in [0.25, 0.3) is 0 Å². The van der Waals surface area contributed by atoms with Crippen molar-refractivity contribution in [3.63, 3.8) is 0 Å². The number of nitrogens with one attached hydrogen (secondary N) is 1. The Hall–Kier alpha value is -2.49. The fraction of sp³-hybridized carbons (Fsp3) is 0.458. The summed E-state index contributed by atoms with van der Waals surface area (Å²) in [5.74, 6) is 1.48. The third-order valence-corrected chi connectivity index (χ3v) is 5.21. The van der Waals surface area contributed by atoms with Crippen LogP contribution in [0, 0.1) is 6.92 Å². The van der Waals surface area contributed by atoms with Crippen molar-refractivity contribution < 1.29 is 14.3 Å². The number of fused-ring (bicyclic) bond motifs is 1. The molecule has 1 N–H and O–H groups in total.